The van der Waals surface area contributed by atoms with Gasteiger partial charge in [-0.1, -0.05) is 0 Å². The second-order valence-corrected chi connectivity index (χ2v) is 0.224. The van der Waals surface area contributed by atoms with Crippen molar-refractivity contribution in [3.8, 4) is 12.1 Å². The summed E-state index contributed by atoms with van der Waals surface area (Å²) in [6.45, 7) is 0. The lowest BCUT2D eigenvalue weighted by Crippen LogP contribution is -1.69. The molecular weight excluding hydrogens is 78.1 g/mol. The Kier molecular flexibility index (Phi) is 57.0. The molecule has 3 heteroatoms. The van der Waals surface area contributed by atoms with Gasteiger partial charge < -0.3 is 5.73 Å². The molecule has 0 heterocycles. The van der Waals surface area contributed by atoms with Crippen LogP contribution in [0, 0.1) is 22.7 Å². The van der Waals surface area contributed by atoms with Crippen molar-refractivity contribution in [3.63, 3.8) is 0 Å². The van der Waals surface area contributed by atoms with E-state index in [0.717, 1.165) is 0 Å². The van der Waals surface area contributed by atoms with Crippen LogP contribution in [0.3, 0.4) is 0 Å². The van der Waals surface area contributed by atoms with Crippen LogP contribution in [-0.4, -0.2) is 7.05 Å². The molecule has 0 saturated carbocycles. The Hall–Kier alpha value is -1.06. The predicted molar refractivity (Wildman–Crippen MR) is 21.3 cm³/mol. The minimum atomic E-state index is 1.24. The summed E-state index contributed by atoms with van der Waals surface area (Å²) in [5.74, 6) is 0. The number of hydrogen-bond donors (Lipinski definition) is 1. The average Bonchev–Trinajstić information content (AvgIpc) is 1.72. The largest absolute Gasteiger partial charge is 0.333 e. The van der Waals surface area contributed by atoms with E-state index in [4.69, 9.17) is 10.5 Å². The lowest BCUT2D eigenvalue weighted by molar-refractivity contribution is 1.48. The fourth-order valence-electron chi connectivity index (χ4n) is 0. The van der Waals surface area contributed by atoms with E-state index in [1.54, 1.807) is 0 Å². The Morgan fingerprint density at radius 2 is 1.33 bits per heavy atom. The van der Waals surface area contributed by atoms with Crippen molar-refractivity contribution < 1.29 is 0 Å². The highest BCUT2D eigenvalue weighted by molar-refractivity contribution is 4.99. The summed E-state index contributed by atoms with van der Waals surface area (Å²) in [6.07, 6.45) is 0. The van der Waals surface area contributed by atoms with Crippen molar-refractivity contribution in [2.24, 2.45) is 5.73 Å². The predicted octanol–water partition coefficient (Wildman–Crippen LogP) is -0.392. The molecule has 32 valence electrons. The summed E-state index contributed by atoms with van der Waals surface area (Å²) in [7, 11) is 1.50. The first kappa shape index (κ1) is 8.87. The van der Waals surface area contributed by atoms with Gasteiger partial charge in [0.2, 0.25) is 0 Å². The van der Waals surface area contributed by atoms with Crippen LogP contribution in [0.15, 0.2) is 0 Å². The molecular formula is C3H5N3. The smallest absolute Gasteiger partial charge is 0.181 e. The number of rotatable bonds is 0. The third-order valence-corrected chi connectivity index (χ3v) is 0.0500. The summed E-state index contributed by atoms with van der Waals surface area (Å²) in [4.78, 5) is 0. The normalized spacial score (nSPS) is 2.67. The van der Waals surface area contributed by atoms with E-state index < -0.39 is 0 Å². The van der Waals surface area contributed by atoms with Gasteiger partial charge in [-0.3, -0.25) is 0 Å². The maximum Gasteiger partial charge on any atom is 0.181 e. The summed E-state index contributed by atoms with van der Waals surface area (Å²) in [5.41, 5.74) is 4.50. The highest BCUT2D eigenvalue weighted by Gasteiger charge is 1.39. The van der Waals surface area contributed by atoms with Crippen LogP contribution in [-0.2, 0) is 0 Å². The van der Waals surface area contributed by atoms with Crippen molar-refractivity contribution in [1.82, 2.24) is 0 Å². The number of nitriles is 2. The fourth-order valence-corrected chi connectivity index (χ4v) is 0. The van der Waals surface area contributed by atoms with Gasteiger partial charge in [-0.2, -0.15) is 10.5 Å². The third kappa shape index (κ3) is 3070. The van der Waals surface area contributed by atoms with Gasteiger partial charge in [-0.05, 0) is 7.05 Å². The van der Waals surface area contributed by atoms with Gasteiger partial charge in [-0.15, -0.1) is 0 Å². The van der Waals surface area contributed by atoms with Gasteiger partial charge >= 0.3 is 0 Å². The van der Waals surface area contributed by atoms with Crippen LogP contribution >= 0.6 is 0 Å². The maximum atomic E-state index is 7.26. The third-order valence-electron chi connectivity index (χ3n) is 0.0500. The quantitative estimate of drug-likeness (QED) is 0.433. The highest BCUT2D eigenvalue weighted by atomic mass is 14.4. The zero-order chi connectivity index (χ0) is 5.41. The van der Waals surface area contributed by atoms with Gasteiger partial charge in [0.05, 0.1) is 0 Å². The summed E-state index contributed by atoms with van der Waals surface area (Å²) in [5, 5.41) is 14.5. The number of nitrogens with zero attached hydrogens (tertiary/aromatic N) is 2. The van der Waals surface area contributed by atoms with E-state index in [-0.39, 0.29) is 0 Å². The minimum absolute atomic E-state index is 1.24. The molecule has 2 N–H and O–H groups in total. The number of nitrogens with two attached hydrogens (primary N) is 1. The molecule has 0 fully saturated rings. The molecule has 0 aromatic rings. The molecule has 6 heavy (non-hydrogen) atoms. The van der Waals surface area contributed by atoms with Gasteiger partial charge in [0.1, 0.15) is 0 Å². The van der Waals surface area contributed by atoms with Crippen LogP contribution in [0.25, 0.3) is 0 Å². The standard InChI is InChI=1S/C2N2.CH5N/c3-1-2-4;1-2/h;2H2,1H3. The molecule has 0 atom stereocenters. The Morgan fingerprint density at radius 1 is 1.17 bits per heavy atom. The molecule has 0 amide bonds. The Labute approximate surface area is 36.6 Å². The molecule has 0 aliphatic rings. The topological polar surface area (TPSA) is 73.6 Å². The second kappa shape index (κ2) is 38.5. The molecule has 0 aliphatic carbocycles. The zero-order valence-corrected chi connectivity index (χ0v) is 3.47. The molecule has 0 aliphatic heterocycles. The summed E-state index contributed by atoms with van der Waals surface area (Å²) in [6, 6.07) is 2.47. The molecule has 0 aromatic heterocycles. The van der Waals surface area contributed by atoms with Crippen LogP contribution in [0.1, 0.15) is 0 Å². The van der Waals surface area contributed by atoms with Crippen LogP contribution in [0.4, 0.5) is 0 Å². The van der Waals surface area contributed by atoms with E-state index in [2.05, 4.69) is 5.73 Å². The van der Waals surface area contributed by atoms with Gasteiger partial charge in [-0.25, -0.2) is 0 Å². The van der Waals surface area contributed by atoms with E-state index in [1.165, 1.54) is 19.2 Å². The highest BCUT2D eigenvalue weighted by Crippen LogP contribution is 1.27. The zero-order valence-electron chi connectivity index (χ0n) is 3.47. The molecule has 0 spiro atoms. The fraction of sp³-hybridized carbons (Fsp3) is 0.333. The monoisotopic (exact) mass is 83.0 g/mol. The molecule has 0 saturated heterocycles. The van der Waals surface area contributed by atoms with E-state index in [9.17, 15) is 0 Å². The van der Waals surface area contributed by atoms with Crippen LogP contribution in [0.5, 0.6) is 0 Å². The van der Waals surface area contributed by atoms with Crippen LogP contribution < -0.4 is 5.73 Å². The lowest BCUT2D eigenvalue weighted by atomic mass is 10.9. The first-order valence-electron chi connectivity index (χ1n) is 1.27. The van der Waals surface area contributed by atoms with Crippen molar-refractivity contribution in [3.05, 3.63) is 0 Å². The van der Waals surface area contributed by atoms with E-state index in [0.29, 0.717) is 0 Å². The molecule has 0 aromatic carbocycles. The second-order valence-electron chi connectivity index (χ2n) is 0.224. The maximum absolute atomic E-state index is 7.26. The van der Waals surface area contributed by atoms with E-state index >= 15 is 0 Å². The average molecular weight is 83.1 g/mol. The van der Waals surface area contributed by atoms with Gasteiger partial charge in [0.25, 0.3) is 0 Å². The van der Waals surface area contributed by atoms with Crippen LogP contribution in [0.2, 0.25) is 0 Å². The minimum Gasteiger partial charge on any atom is -0.333 e. The lowest BCUT2D eigenvalue weighted by Gasteiger charge is -1.19. The Balaban J connectivity index is 0. The first-order chi connectivity index (χ1) is 2.91. The van der Waals surface area contributed by atoms with Gasteiger partial charge in [0, 0.05) is 0 Å². The molecule has 0 rings (SSSR count). The molecule has 0 radical (unpaired) electrons. The van der Waals surface area contributed by atoms with Crippen molar-refractivity contribution in [2.75, 3.05) is 7.05 Å². The first-order valence-corrected chi connectivity index (χ1v) is 1.27. The Bertz CT molecular complexity index is 61.0. The molecule has 0 bridgehead atoms. The van der Waals surface area contributed by atoms with E-state index in [1.807, 2.05) is 0 Å². The molecule has 0 unspecified atom stereocenters. The van der Waals surface area contributed by atoms with Crippen molar-refractivity contribution in [1.29, 1.82) is 10.5 Å². The van der Waals surface area contributed by atoms with Gasteiger partial charge in [0.15, 0.2) is 12.1 Å². The Morgan fingerprint density at radius 3 is 1.33 bits per heavy atom. The summed E-state index contributed by atoms with van der Waals surface area (Å²) < 4.78 is 0. The summed E-state index contributed by atoms with van der Waals surface area (Å²) >= 11 is 0. The van der Waals surface area contributed by atoms with Crippen molar-refractivity contribution in [2.45, 2.75) is 0 Å². The number of hydrogen-bond acceptors (Lipinski definition) is 3. The molecule has 3 nitrogen and oxygen atoms in total. The SMILES string of the molecule is CN.N#CC#N. The van der Waals surface area contributed by atoms with Crippen molar-refractivity contribution >= 4 is 0 Å².